The Bertz CT molecular complexity index is 570. The number of carbonyl (C=O) groups excluding carboxylic acids is 2. The molecule has 0 bridgehead atoms. The molecule has 2 amide bonds. The van der Waals surface area contributed by atoms with Crippen molar-refractivity contribution in [2.75, 3.05) is 26.2 Å². The van der Waals surface area contributed by atoms with E-state index in [0.717, 1.165) is 12.1 Å². The molecule has 2 N–H and O–H groups in total. The smallest absolute Gasteiger partial charge is 0.254 e. The summed E-state index contributed by atoms with van der Waals surface area (Å²) < 4.78 is 26.1. The molecule has 1 fully saturated rings. The number of halogens is 2. The predicted octanol–water partition coefficient (Wildman–Crippen LogP) is 0.986. The van der Waals surface area contributed by atoms with Gasteiger partial charge >= 0.3 is 0 Å². The number of hydrogen-bond donors (Lipinski definition) is 1. The van der Waals surface area contributed by atoms with E-state index in [1.807, 2.05) is 0 Å². The van der Waals surface area contributed by atoms with E-state index in [2.05, 4.69) is 0 Å². The van der Waals surface area contributed by atoms with Crippen molar-refractivity contribution in [2.45, 2.75) is 19.4 Å². The normalized spacial score (nSPS) is 16.5. The van der Waals surface area contributed by atoms with Crippen LogP contribution in [0.15, 0.2) is 18.2 Å². The molecule has 1 aliphatic heterocycles. The Balaban J connectivity index is 1.95. The van der Waals surface area contributed by atoms with Crippen LogP contribution in [-0.2, 0) is 4.79 Å². The Kier molecular flexibility index (Phi) is 5.07. The highest BCUT2D eigenvalue weighted by atomic mass is 19.2. The lowest BCUT2D eigenvalue weighted by atomic mass is 10.1. The quantitative estimate of drug-likeness (QED) is 0.905. The molecule has 0 radical (unpaired) electrons. The summed E-state index contributed by atoms with van der Waals surface area (Å²) in [5.74, 6) is -2.42. The van der Waals surface area contributed by atoms with Gasteiger partial charge in [-0.3, -0.25) is 9.59 Å². The third kappa shape index (κ3) is 3.79. The van der Waals surface area contributed by atoms with E-state index in [0.29, 0.717) is 26.2 Å². The van der Waals surface area contributed by atoms with Crippen LogP contribution in [0.1, 0.15) is 23.7 Å². The van der Waals surface area contributed by atoms with E-state index in [4.69, 9.17) is 5.73 Å². The third-order valence-electron chi connectivity index (χ3n) is 3.58. The standard InChI is InChI=1S/C15H19F2N3O2/c1-10(18)8-14(21)19-4-6-20(7-5-19)15(22)11-2-3-12(16)13(17)9-11/h2-3,9-10H,4-8,18H2,1H3. The summed E-state index contributed by atoms with van der Waals surface area (Å²) in [5, 5.41) is 0. The van der Waals surface area contributed by atoms with Crippen molar-refractivity contribution in [2.24, 2.45) is 5.73 Å². The highest BCUT2D eigenvalue weighted by Crippen LogP contribution is 2.13. The minimum absolute atomic E-state index is 0.0325. The highest BCUT2D eigenvalue weighted by molar-refractivity contribution is 5.94. The summed E-state index contributed by atoms with van der Waals surface area (Å²) in [5.41, 5.74) is 5.71. The molecule has 1 aromatic carbocycles. The van der Waals surface area contributed by atoms with Gasteiger partial charge in [-0.1, -0.05) is 0 Å². The molecule has 120 valence electrons. The maximum Gasteiger partial charge on any atom is 0.254 e. The van der Waals surface area contributed by atoms with Crippen LogP contribution in [0, 0.1) is 11.6 Å². The predicted molar refractivity (Wildman–Crippen MR) is 77.1 cm³/mol. The molecule has 22 heavy (non-hydrogen) atoms. The summed E-state index contributed by atoms with van der Waals surface area (Å²) in [4.78, 5) is 27.3. The molecule has 0 aromatic heterocycles. The Labute approximate surface area is 127 Å². The number of hydrogen-bond acceptors (Lipinski definition) is 3. The maximum absolute atomic E-state index is 13.2. The molecule has 0 spiro atoms. The average molecular weight is 311 g/mol. The van der Waals surface area contributed by atoms with E-state index in [1.165, 1.54) is 11.0 Å². The van der Waals surface area contributed by atoms with Crippen molar-refractivity contribution in [3.05, 3.63) is 35.4 Å². The first-order valence-corrected chi connectivity index (χ1v) is 7.16. The van der Waals surface area contributed by atoms with Gasteiger partial charge in [-0.05, 0) is 25.1 Å². The van der Waals surface area contributed by atoms with E-state index in [-0.39, 0.29) is 29.8 Å². The summed E-state index contributed by atoms with van der Waals surface area (Å²) in [6, 6.07) is 2.89. The zero-order chi connectivity index (χ0) is 16.3. The van der Waals surface area contributed by atoms with Gasteiger partial charge in [0, 0.05) is 44.2 Å². The fourth-order valence-electron chi connectivity index (χ4n) is 2.38. The monoisotopic (exact) mass is 311 g/mol. The molecule has 5 nitrogen and oxygen atoms in total. The van der Waals surface area contributed by atoms with Crippen LogP contribution in [0.4, 0.5) is 8.78 Å². The number of rotatable bonds is 3. The Morgan fingerprint density at radius 2 is 1.73 bits per heavy atom. The Morgan fingerprint density at radius 1 is 1.14 bits per heavy atom. The van der Waals surface area contributed by atoms with Gasteiger partial charge in [0.1, 0.15) is 0 Å². The third-order valence-corrected chi connectivity index (χ3v) is 3.58. The van der Waals surface area contributed by atoms with Gasteiger partial charge in [-0.25, -0.2) is 8.78 Å². The number of nitrogens with two attached hydrogens (primary N) is 1. The van der Waals surface area contributed by atoms with Gasteiger partial charge in [-0.2, -0.15) is 0 Å². The number of benzene rings is 1. The lowest BCUT2D eigenvalue weighted by Gasteiger charge is -2.35. The first-order chi connectivity index (χ1) is 10.4. The van der Waals surface area contributed by atoms with Gasteiger partial charge in [-0.15, -0.1) is 0 Å². The van der Waals surface area contributed by atoms with Crippen molar-refractivity contribution < 1.29 is 18.4 Å². The number of nitrogens with zero attached hydrogens (tertiary/aromatic N) is 2. The van der Waals surface area contributed by atoms with Crippen LogP contribution in [0.2, 0.25) is 0 Å². The van der Waals surface area contributed by atoms with Crippen LogP contribution in [-0.4, -0.2) is 53.8 Å². The zero-order valence-electron chi connectivity index (χ0n) is 12.4. The van der Waals surface area contributed by atoms with Crippen molar-refractivity contribution in [1.29, 1.82) is 0 Å². The maximum atomic E-state index is 13.2. The number of carbonyl (C=O) groups is 2. The van der Waals surface area contributed by atoms with Gasteiger partial charge in [0.05, 0.1) is 0 Å². The zero-order valence-corrected chi connectivity index (χ0v) is 12.4. The second kappa shape index (κ2) is 6.83. The molecule has 1 unspecified atom stereocenters. The number of piperazine rings is 1. The lowest BCUT2D eigenvalue weighted by molar-refractivity contribution is -0.132. The molecule has 7 heteroatoms. The molecule has 0 aliphatic carbocycles. The van der Waals surface area contributed by atoms with E-state index in [9.17, 15) is 18.4 Å². The van der Waals surface area contributed by atoms with Crippen LogP contribution in [0.5, 0.6) is 0 Å². The van der Waals surface area contributed by atoms with Crippen molar-refractivity contribution in [3.8, 4) is 0 Å². The molecule has 1 atom stereocenters. The largest absolute Gasteiger partial charge is 0.339 e. The minimum atomic E-state index is -1.04. The van der Waals surface area contributed by atoms with E-state index < -0.39 is 11.6 Å². The summed E-state index contributed by atoms with van der Waals surface area (Å²) in [7, 11) is 0. The minimum Gasteiger partial charge on any atom is -0.339 e. The summed E-state index contributed by atoms with van der Waals surface area (Å²) in [6.07, 6.45) is 0.275. The van der Waals surface area contributed by atoms with E-state index in [1.54, 1.807) is 11.8 Å². The molecular formula is C15H19F2N3O2. The molecular weight excluding hydrogens is 292 g/mol. The van der Waals surface area contributed by atoms with E-state index >= 15 is 0 Å². The topological polar surface area (TPSA) is 66.6 Å². The molecule has 2 rings (SSSR count). The van der Waals surface area contributed by atoms with Gasteiger partial charge in [0.25, 0.3) is 5.91 Å². The SMILES string of the molecule is CC(N)CC(=O)N1CCN(C(=O)c2ccc(F)c(F)c2)CC1. The first-order valence-electron chi connectivity index (χ1n) is 7.16. The van der Waals surface area contributed by atoms with Crippen LogP contribution < -0.4 is 5.73 Å². The fraction of sp³-hybridized carbons (Fsp3) is 0.467. The molecule has 1 aliphatic rings. The van der Waals surface area contributed by atoms with Crippen LogP contribution in [0.3, 0.4) is 0 Å². The van der Waals surface area contributed by atoms with Crippen molar-refractivity contribution in [1.82, 2.24) is 9.80 Å². The Hall–Kier alpha value is -2.02. The van der Waals surface area contributed by atoms with Gasteiger partial charge in [0.2, 0.25) is 5.91 Å². The lowest BCUT2D eigenvalue weighted by Crippen LogP contribution is -2.51. The second-order valence-corrected chi connectivity index (χ2v) is 5.48. The van der Waals surface area contributed by atoms with Gasteiger partial charge < -0.3 is 15.5 Å². The molecule has 0 saturated carbocycles. The van der Waals surface area contributed by atoms with Crippen LogP contribution in [0.25, 0.3) is 0 Å². The van der Waals surface area contributed by atoms with Crippen LogP contribution >= 0.6 is 0 Å². The molecule has 1 saturated heterocycles. The average Bonchev–Trinajstić information content (AvgIpc) is 2.49. The Morgan fingerprint density at radius 3 is 2.27 bits per heavy atom. The van der Waals surface area contributed by atoms with Crippen molar-refractivity contribution in [3.63, 3.8) is 0 Å². The highest BCUT2D eigenvalue weighted by Gasteiger charge is 2.25. The van der Waals surface area contributed by atoms with Crippen molar-refractivity contribution >= 4 is 11.8 Å². The molecule has 1 heterocycles. The second-order valence-electron chi connectivity index (χ2n) is 5.48. The summed E-state index contributed by atoms with van der Waals surface area (Å²) >= 11 is 0. The first kappa shape index (κ1) is 16.4. The number of amides is 2. The van der Waals surface area contributed by atoms with Gasteiger partial charge in [0.15, 0.2) is 11.6 Å². The fourth-order valence-corrected chi connectivity index (χ4v) is 2.38. The molecule has 1 aromatic rings. The summed E-state index contributed by atoms with van der Waals surface area (Å²) in [6.45, 7) is 3.33.